The lowest BCUT2D eigenvalue weighted by Gasteiger charge is -2.35. The molecule has 7 nitrogen and oxygen atoms in total. The first-order valence-corrected chi connectivity index (χ1v) is 9.81. The maximum Gasteiger partial charge on any atom is 0.410 e. The summed E-state index contributed by atoms with van der Waals surface area (Å²) < 4.78 is 16.4. The number of nitrogens with zero attached hydrogens (tertiary/aromatic N) is 2. The molecule has 0 aromatic heterocycles. The molecule has 1 aliphatic heterocycles. The second-order valence-corrected chi connectivity index (χ2v) is 8.00. The van der Waals surface area contributed by atoms with Crippen LogP contribution in [0.15, 0.2) is 12.1 Å². The fraction of sp³-hybridized carbons (Fsp3) is 0.600. The van der Waals surface area contributed by atoms with E-state index in [9.17, 15) is 9.59 Å². The summed E-state index contributed by atoms with van der Waals surface area (Å²) >= 11 is 6.31. The number of methoxy groups -OCH3 is 1. The number of carbonyl (C=O) groups excluding carboxylic acids is 2. The van der Waals surface area contributed by atoms with Crippen molar-refractivity contribution in [1.29, 1.82) is 0 Å². The van der Waals surface area contributed by atoms with Crippen molar-refractivity contribution in [2.45, 2.75) is 39.7 Å². The van der Waals surface area contributed by atoms with E-state index in [4.69, 9.17) is 25.8 Å². The summed E-state index contributed by atoms with van der Waals surface area (Å²) in [6.07, 6.45) is 0.476. The van der Waals surface area contributed by atoms with Gasteiger partial charge in [-0.15, -0.1) is 0 Å². The molecule has 0 bridgehead atoms. The van der Waals surface area contributed by atoms with Crippen LogP contribution in [0, 0.1) is 0 Å². The van der Waals surface area contributed by atoms with Gasteiger partial charge >= 0.3 is 6.09 Å². The average Bonchev–Trinajstić information content (AvgIpc) is 2.64. The lowest BCUT2D eigenvalue weighted by molar-refractivity contribution is 0.0141. The number of hydrogen-bond acceptors (Lipinski definition) is 5. The van der Waals surface area contributed by atoms with E-state index in [2.05, 4.69) is 0 Å². The van der Waals surface area contributed by atoms with Gasteiger partial charge in [0.15, 0.2) is 11.5 Å². The van der Waals surface area contributed by atoms with Crippen LogP contribution in [-0.4, -0.2) is 67.3 Å². The molecule has 1 saturated heterocycles. The topological polar surface area (TPSA) is 68.3 Å². The highest BCUT2D eigenvalue weighted by Gasteiger charge is 2.28. The third-order valence-corrected chi connectivity index (χ3v) is 4.43. The number of ether oxygens (including phenoxy) is 3. The molecule has 1 heterocycles. The van der Waals surface area contributed by atoms with Gasteiger partial charge < -0.3 is 24.0 Å². The maximum atomic E-state index is 12.9. The Morgan fingerprint density at radius 2 is 1.71 bits per heavy atom. The van der Waals surface area contributed by atoms with Gasteiger partial charge in [-0.2, -0.15) is 0 Å². The summed E-state index contributed by atoms with van der Waals surface area (Å²) in [6.45, 7) is 9.68. The number of benzene rings is 1. The number of hydrogen-bond donors (Lipinski definition) is 0. The fourth-order valence-electron chi connectivity index (χ4n) is 2.79. The first kappa shape index (κ1) is 22.1. The Morgan fingerprint density at radius 3 is 2.25 bits per heavy atom. The summed E-state index contributed by atoms with van der Waals surface area (Å²) in [7, 11) is 1.51. The zero-order valence-corrected chi connectivity index (χ0v) is 18.0. The van der Waals surface area contributed by atoms with Crippen molar-refractivity contribution < 1.29 is 23.8 Å². The van der Waals surface area contributed by atoms with Gasteiger partial charge in [0.1, 0.15) is 5.60 Å². The average molecular weight is 413 g/mol. The van der Waals surface area contributed by atoms with E-state index in [1.54, 1.807) is 21.9 Å². The van der Waals surface area contributed by atoms with Crippen molar-refractivity contribution >= 4 is 23.6 Å². The van der Waals surface area contributed by atoms with Crippen molar-refractivity contribution in [3.05, 3.63) is 22.7 Å². The number of halogens is 1. The van der Waals surface area contributed by atoms with Crippen LogP contribution in [0.2, 0.25) is 5.02 Å². The second-order valence-electron chi connectivity index (χ2n) is 7.60. The fourth-order valence-corrected chi connectivity index (χ4v) is 3.05. The number of amides is 2. The summed E-state index contributed by atoms with van der Waals surface area (Å²) in [4.78, 5) is 28.4. The predicted octanol–water partition coefficient (Wildman–Crippen LogP) is 3.83. The van der Waals surface area contributed by atoms with Crippen LogP contribution in [0.1, 0.15) is 44.5 Å². The van der Waals surface area contributed by atoms with Crippen LogP contribution in [0.25, 0.3) is 0 Å². The highest BCUT2D eigenvalue weighted by molar-refractivity contribution is 6.32. The SMILES string of the molecule is CCCOc1c(Cl)cc(C(=O)N2CCN(C(=O)OC(C)(C)C)CC2)cc1OC. The molecule has 0 saturated carbocycles. The summed E-state index contributed by atoms with van der Waals surface area (Å²) in [6, 6.07) is 3.23. The van der Waals surface area contributed by atoms with Gasteiger partial charge in [0.2, 0.25) is 0 Å². The minimum Gasteiger partial charge on any atom is -0.493 e. The Morgan fingerprint density at radius 1 is 1.11 bits per heavy atom. The molecule has 156 valence electrons. The molecule has 0 atom stereocenters. The first-order valence-electron chi connectivity index (χ1n) is 9.43. The lowest BCUT2D eigenvalue weighted by atomic mass is 10.1. The molecular formula is C20H29ClN2O5. The first-order chi connectivity index (χ1) is 13.2. The molecule has 0 radical (unpaired) electrons. The molecule has 8 heteroatoms. The van der Waals surface area contributed by atoms with Crippen molar-refractivity contribution in [1.82, 2.24) is 9.80 Å². The molecule has 0 aliphatic carbocycles. The maximum absolute atomic E-state index is 12.9. The molecule has 0 spiro atoms. The van der Waals surface area contributed by atoms with Crippen LogP contribution < -0.4 is 9.47 Å². The number of piperazine rings is 1. The minimum absolute atomic E-state index is 0.161. The molecular weight excluding hydrogens is 384 g/mol. The molecule has 1 aromatic carbocycles. The molecule has 2 rings (SSSR count). The molecule has 28 heavy (non-hydrogen) atoms. The van der Waals surface area contributed by atoms with Gasteiger partial charge in [0.25, 0.3) is 5.91 Å². The van der Waals surface area contributed by atoms with E-state index in [1.165, 1.54) is 7.11 Å². The Bertz CT molecular complexity index is 709. The zero-order valence-electron chi connectivity index (χ0n) is 17.2. The third kappa shape index (κ3) is 5.67. The van der Waals surface area contributed by atoms with Gasteiger partial charge in [-0.25, -0.2) is 4.79 Å². The van der Waals surface area contributed by atoms with E-state index in [0.29, 0.717) is 54.9 Å². The smallest absolute Gasteiger partial charge is 0.410 e. The quantitative estimate of drug-likeness (QED) is 0.735. The number of rotatable bonds is 5. The van der Waals surface area contributed by atoms with Crippen LogP contribution in [0.3, 0.4) is 0 Å². The van der Waals surface area contributed by atoms with Gasteiger partial charge in [-0.3, -0.25) is 4.79 Å². The van der Waals surface area contributed by atoms with Crippen molar-refractivity contribution in [3.63, 3.8) is 0 Å². The van der Waals surface area contributed by atoms with Crippen LogP contribution in [0.4, 0.5) is 4.79 Å². The normalized spacial score (nSPS) is 14.6. The number of carbonyl (C=O) groups is 2. The molecule has 0 N–H and O–H groups in total. The van der Waals surface area contributed by atoms with Crippen LogP contribution in [0.5, 0.6) is 11.5 Å². The molecule has 0 unspecified atom stereocenters. The highest BCUT2D eigenvalue weighted by atomic mass is 35.5. The van der Waals surface area contributed by atoms with E-state index in [0.717, 1.165) is 6.42 Å². The summed E-state index contributed by atoms with van der Waals surface area (Å²) in [5.41, 5.74) is -0.115. The van der Waals surface area contributed by atoms with Crippen molar-refractivity contribution in [2.75, 3.05) is 39.9 Å². The van der Waals surface area contributed by atoms with Crippen LogP contribution >= 0.6 is 11.6 Å². The Labute approximate surface area is 171 Å². The van der Waals surface area contributed by atoms with Gasteiger partial charge in [0, 0.05) is 31.7 Å². The Hall–Kier alpha value is -2.15. The Kier molecular flexibility index (Phi) is 7.41. The predicted molar refractivity (Wildman–Crippen MR) is 108 cm³/mol. The summed E-state index contributed by atoms with van der Waals surface area (Å²) in [5, 5.41) is 0.337. The molecule has 1 fully saturated rings. The highest BCUT2D eigenvalue weighted by Crippen LogP contribution is 2.37. The van der Waals surface area contributed by atoms with Crippen molar-refractivity contribution in [2.24, 2.45) is 0 Å². The largest absolute Gasteiger partial charge is 0.493 e. The molecule has 2 amide bonds. The van der Waals surface area contributed by atoms with Crippen LogP contribution in [-0.2, 0) is 4.74 Å². The zero-order chi connectivity index (χ0) is 20.9. The minimum atomic E-state index is -0.543. The van der Waals surface area contributed by atoms with E-state index in [1.807, 2.05) is 27.7 Å². The van der Waals surface area contributed by atoms with Gasteiger partial charge in [-0.1, -0.05) is 18.5 Å². The van der Waals surface area contributed by atoms with E-state index in [-0.39, 0.29) is 12.0 Å². The van der Waals surface area contributed by atoms with Gasteiger partial charge in [0.05, 0.1) is 18.7 Å². The Balaban J connectivity index is 2.05. The van der Waals surface area contributed by atoms with E-state index >= 15 is 0 Å². The molecule has 1 aromatic rings. The lowest BCUT2D eigenvalue weighted by Crippen LogP contribution is -2.51. The van der Waals surface area contributed by atoms with Crippen molar-refractivity contribution in [3.8, 4) is 11.5 Å². The third-order valence-electron chi connectivity index (χ3n) is 4.15. The van der Waals surface area contributed by atoms with Gasteiger partial charge in [-0.05, 0) is 39.3 Å². The molecule has 1 aliphatic rings. The standard InChI is InChI=1S/C20H29ClN2O5/c1-6-11-27-17-15(21)12-14(13-16(17)26-5)18(24)22-7-9-23(10-8-22)19(25)28-20(2,3)4/h12-13H,6-11H2,1-5H3. The monoisotopic (exact) mass is 412 g/mol. The van der Waals surface area contributed by atoms with E-state index < -0.39 is 5.60 Å². The second kappa shape index (κ2) is 9.37. The summed E-state index contributed by atoms with van der Waals surface area (Å²) in [5.74, 6) is 0.708.